The molecule has 20 heavy (non-hydrogen) atoms. The van der Waals surface area contributed by atoms with Gasteiger partial charge in [0.05, 0.1) is 24.1 Å². The Balaban J connectivity index is 2.32. The number of rotatable bonds is 3. The number of benzene rings is 1. The third kappa shape index (κ3) is 2.69. The molecule has 0 aliphatic carbocycles. The van der Waals surface area contributed by atoms with Gasteiger partial charge in [-0.15, -0.1) is 0 Å². The van der Waals surface area contributed by atoms with Gasteiger partial charge in [-0.25, -0.2) is 14.2 Å². The molecule has 0 amide bonds. The summed E-state index contributed by atoms with van der Waals surface area (Å²) in [5.74, 6) is -1.02. The third-order valence-electron chi connectivity index (χ3n) is 2.67. The highest BCUT2D eigenvalue weighted by Gasteiger charge is 2.13. The number of pyridine rings is 1. The highest BCUT2D eigenvalue weighted by molar-refractivity contribution is 5.90. The second-order valence-corrected chi connectivity index (χ2v) is 4.03. The molecular weight excluding hydrogens is 263 g/mol. The summed E-state index contributed by atoms with van der Waals surface area (Å²) in [5, 5.41) is 0. The fourth-order valence-corrected chi connectivity index (χ4v) is 1.66. The molecule has 0 saturated carbocycles. The van der Waals surface area contributed by atoms with E-state index in [4.69, 9.17) is 10.5 Å². The molecule has 0 aliphatic rings. The number of anilines is 1. The number of carbonyl (C=O) groups excluding carboxylic acids is 1. The van der Waals surface area contributed by atoms with E-state index in [0.717, 1.165) is 0 Å². The molecule has 0 fully saturated rings. The predicted octanol–water partition coefficient (Wildman–Crippen LogP) is 2.69. The average Bonchev–Trinajstić information content (AvgIpc) is 2.42. The van der Waals surface area contributed by atoms with Crippen molar-refractivity contribution in [1.82, 2.24) is 4.98 Å². The Labute approximate surface area is 115 Å². The van der Waals surface area contributed by atoms with Crippen molar-refractivity contribution in [3.63, 3.8) is 0 Å². The molecule has 1 heterocycles. The van der Waals surface area contributed by atoms with Gasteiger partial charge in [0.25, 0.3) is 0 Å². The maximum Gasteiger partial charge on any atom is 0.339 e. The fourth-order valence-electron chi connectivity index (χ4n) is 1.66. The maximum absolute atomic E-state index is 13.6. The SMILES string of the molecule is COC(=O)c1ccc(Oc2c(N)cccc2F)nc1C. The second kappa shape index (κ2) is 5.56. The number of aromatic nitrogens is 1. The molecule has 0 saturated heterocycles. The molecule has 6 heteroatoms. The molecule has 0 spiro atoms. The lowest BCUT2D eigenvalue weighted by Crippen LogP contribution is -2.06. The number of carbonyl (C=O) groups is 1. The molecule has 0 atom stereocenters. The van der Waals surface area contributed by atoms with Crippen molar-refractivity contribution in [3.8, 4) is 11.6 Å². The van der Waals surface area contributed by atoms with Crippen LogP contribution in [0.5, 0.6) is 11.6 Å². The van der Waals surface area contributed by atoms with E-state index >= 15 is 0 Å². The molecular formula is C14H13FN2O3. The molecule has 104 valence electrons. The van der Waals surface area contributed by atoms with Gasteiger partial charge in [-0.05, 0) is 25.1 Å². The molecule has 1 aromatic carbocycles. The van der Waals surface area contributed by atoms with Crippen LogP contribution in [0.3, 0.4) is 0 Å². The van der Waals surface area contributed by atoms with E-state index in [-0.39, 0.29) is 17.3 Å². The van der Waals surface area contributed by atoms with Crippen molar-refractivity contribution < 1.29 is 18.7 Å². The Hall–Kier alpha value is -2.63. The highest BCUT2D eigenvalue weighted by atomic mass is 19.1. The summed E-state index contributed by atoms with van der Waals surface area (Å²) in [6, 6.07) is 7.19. The number of methoxy groups -OCH3 is 1. The zero-order chi connectivity index (χ0) is 14.7. The standard InChI is InChI=1S/C14H13FN2O3/c1-8-9(14(18)19-2)6-7-12(17-8)20-13-10(15)4-3-5-11(13)16/h3-7H,16H2,1-2H3. The number of aryl methyl sites for hydroxylation is 1. The first kappa shape index (κ1) is 13.8. The Morgan fingerprint density at radius 2 is 2.05 bits per heavy atom. The second-order valence-electron chi connectivity index (χ2n) is 4.03. The van der Waals surface area contributed by atoms with Gasteiger partial charge < -0.3 is 15.2 Å². The smallest absolute Gasteiger partial charge is 0.339 e. The number of nitrogen functional groups attached to an aromatic ring is 1. The molecule has 0 unspecified atom stereocenters. The fraction of sp³-hybridized carbons (Fsp3) is 0.143. The largest absolute Gasteiger partial charge is 0.465 e. The third-order valence-corrected chi connectivity index (χ3v) is 2.67. The van der Waals surface area contributed by atoms with Crippen LogP contribution in [-0.4, -0.2) is 18.1 Å². The van der Waals surface area contributed by atoms with Gasteiger partial charge in [-0.1, -0.05) is 6.07 Å². The van der Waals surface area contributed by atoms with Crippen molar-refractivity contribution in [2.45, 2.75) is 6.92 Å². The van der Waals surface area contributed by atoms with E-state index in [2.05, 4.69) is 9.72 Å². The summed E-state index contributed by atoms with van der Waals surface area (Å²) >= 11 is 0. The van der Waals surface area contributed by atoms with Crippen LogP contribution in [0.2, 0.25) is 0 Å². The number of hydrogen-bond acceptors (Lipinski definition) is 5. The lowest BCUT2D eigenvalue weighted by molar-refractivity contribution is 0.0599. The van der Waals surface area contributed by atoms with Crippen LogP contribution in [0.15, 0.2) is 30.3 Å². The van der Waals surface area contributed by atoms with Crippen LogP contribution in [0.25, 0.3) is 0 Å². The highest BCUT2D eigenvalue weighted by Crippen LogP contribution is 2.29. The molecule has 0 radical (unpaired) electrons. The van der Waals surface area contributed by atoms with Crippen LogP contribution >= 0.6 is 0 Å². The summed E-state index contributed by atoms with van der Waals surface area (Å²) in [5.41, 5.74) is 6.55. The number of esters is 1. The van der Waals surface area contributed by atoms with Crippen molar-refractivity contribution in [2.75, 3.05) is 12.8 Å². The quantitative estimate of drug-likeness (QED) is 0.689. The Kier molecular flexibility index (Phi) is 3.84. The zero-order valence-corrected chi connectivity index (χ0v) is 11.0. The molecule has 2 rings (SSSR count). The number of ether oxygens (including phenoxy) is 2. The minimum absolute atomic E-state index is 0.0924. The lowest BCUT2D eigenvalue weighted by Gasteiger charge is -2.10. The normalized spacial score (nSPS) is 10.2. The topological polar surface area (TPSA) is 74.4 Å². The van der Waals surface area contributed by atoms with Crippen molar-refractivity contribution in [2.24, 2.45) is 0 Å². The zero-order valence-electron chi connectivity index (χ0n) is 11.0. The molecule has 0 bridgehead atoms. The number of nitrogens with two attached hydrogens (primary N) is 1. The van der Waals surface area contributed by atoms with Gasteiger partial charge in [0.15, 0.2) is 11.6 Å². The Morgan fingerprint density at radius 1 is 1.30 bits per heavy atom. The van der Waals surface area contributed by atoms with E-state index in [1.54, 1.807) is 6.92 Å². The van der Waals surface area contributed by atoms with Gasteiger partial charge in [0, 0.05) is 6.07 Å². The van der Waals surface area contributed by atoms with Crippen LogP contribution in [-0.2, 0) is 4.74 Å². The summed E-state index contributed by atoms with van der Waals surface area (Å²) in [6.07, 6.45) is 0. The van der Waals surface area contributed by atoms with Gasteiger partial charge >= 0.3 is 5.97 Å². The minimum atomic E-state index is -0.582. The number of halogens is 1. The average molecular weight is 276 g/mol. The van der Waals surface area contributed by atoms with E-state index in [0.29, 0.717) is 11.3 Å². The summed E-state index contributed by atoms with van der Waals surface area (Å²) in [4.78, 5) is 15.5. The molecule has 0 aliphatic heterocycles. The number of para-hydroxylation sites is 1. The number of hydrogen-bond donors (Lipinski definition) is 1. The summed E-state index contributed by atoms with van der Waals surface area (Å²) < 4.78 is 23.5. The van der Waals surface area contributed by atoms with Crippen molar-refractivity contribution in [3.05, 3.63) is 47.4 Å². The number of nitrogens with zero attached hydrogens (tertiary/aromatic N) is 1. The molecule has 1 aromatic heterocycles. The van der Waals surface area contributed by atoms with E-state index in [9.17, 15) is 9.18 Å². The van der Waals surface area contributed by atoms with Gasteiger partial charge in [0.1, 0.15) is 0 Å². The van der Waals surface area contributed by atoms with Gasteiger partial charge in [0.2, 0.25) is 5.88 Å². The van der Waals surface area contributed by atoms with Gasteiger partial charge in [-0.3, -0.25) is 0 Å². The van der Waals surface area contributed by atoms with Crippen molar-refractivity contribution in [1.29, 1.82) is 0 Å². The predicted molar refractivity (Wildman–Crippen MR) is 71.2 cm³/mol. The Morgan fingerprint density at radius 3 is 2.65 bits per heavy atom. The van der Waals surface area contributed by atoms with Crippen LogP contribution in [0.1, 0.15) is 16.1 Å². The first-order valence-electron chi connectivity index (χ1n) is 5.80. The van der Waals surface area contributed by atoms with Gasteiger partial charge in [-0.2, -0.15) is 0 Å². The lowest BCUT2D eigenvalue weighted by atomic mass is 10.2. The summed E-state index contributed by atoms with van der Waals surface area (Å²) in [7, 11) is 1.28. The maximum atomic E-state index is 13.6. The monoisotopic (exact) mass is 276 g/mol. The first-order valence-corrected chi connectivity index (χ1v) is 5.80. The molecule has 2 aromatic rings. The first-order chi connectivity index (χ1) is 9.52. The summed E-state index contributed by atoms with van der Waals surface area (Å²) in [6.45, 7) is 1.63. The van der Waals surface area contributed by atoms with Crippen LogP contribution in [0.4, 0.5) is 10.1 Å². The minimum Gasteiger partial charge on any atom is -0.465 e. The van der Waals surface area contributed by atoms with E-state index < -0.39 is 11.8 Å². The van der Waals surface area contributed by atoms with E-state index in [1.165, 1.54) is 37.4 Å². The van der Waals surface area contributed by atoms with Crippen LogP contribution < -0.4 is 10.5 Å². The molecule has 2 N–H and O–H groups in total. The van der Waals surface area contributed by atoms with E-state index in [1.807, 2.05) is 0 Å². The van der Waals surface area contributed by atoms with Crippen LogP contribution in [0, 0.1) is 12.7 Å². The Bertz CT molecular complexity index is 639. The van der Waals surface area contributed by atoms with Crippen molar-refractivity contribution >= 4 is 11.7 Å². The molecule has 5 nitrogen and oxygen atoms in total.